The van der Waals surface area contributed by atoms with Gasteiger partial charge in [-0.25, -0.2) is 0 Å². The van der Waals surface area contributed by atoms with Crippen LogP contribution in [0.25, 0.3) is 44.3 Å². The van der Waals surface area contributed by atoms with Crippen molar-refractivity contribution in [2.24, 2.45) is 5.73 Å². The SMILES string of the molecule is CC(C)n1ncc2ccc3c(=O)c(-c4ccc(C5(N)CCC5)cc4)c(-c4ccccc4)oc3c21.Cl. The molecule has 1 aliphatic rings. The van der Waals surface area contributed by atoms with Crippen molar-refractivity contribution < 1.29 is 4.42 Å². The fourth-order valence-corrected chi connectivity index (χ4v) is 5.04. The Morgan fingerprint density at radius 1 is 0.971 bits per heavy atom. The van der Waals surface area contributed by atoms with Crippen LogP contribution in [0.2, 0.25) is 0 Å². The molecule has 35 heavy (non-hydrogen) atoms. The molecule has 1 saturated carbocycles. The maximum Gasteiger partial charge on any atom is 0.201 e. The van der Waals surface area contributed by atoms with Gasteiger partial charge >= 0.3 is 0 Å². The summed E-state index contributed by atoms with van der Waals surface area (Å²) in [6.07, 6.45) is 4.98. The average Bonchev–Trinajstić information content (AvgIpc) is 3.28. The second kappa shape index (κ2) is 8.67. The number of rotatable bonds is 4. The summed E-state index contributed by atoms with van der Waals surface area (Å²) in [7, 11) is 0. The summed E-state index contributed by atoms with van der Waals surface area (Å²) in [5, 5.41) is 6.06. The van der Waals surface area contributed by atoms with Crippen LogP contribution in [-0.4, -0.2) is 9.78 Å². The number of hydrogen-bond donors (Lipinski definition) is 1. The van der Waals surface area contributed by atoms with Crippen molar-refractivity contribution in [2.45, 2.75) is 44.7 Å². The van der Waals surface area contributed by atoms with Gasteiger partial charge in [-0.1, -0.05) is 60.7 Å². The van der Waals surface area contributed by atoms with E-state index >= 15 is 0 Å². The van der Waals surface area contributed by atoms with Crippen molar-refractivity contribution in [1.29, 1.82) is 0 Å². The number of aromatic nitrogens is 2. The van der Waals surface area contributed by atoms with E-state index in [0.29, 0.717) is 22.3 Å². The molecule has 0 amide bonds. The third-order valence-electron chi connectivity index (χ3n) is 7.14. The van der Waals surface area contributed by atoms with Crippen molar-refractivity contribution in [3.8, 4) is 22.5 Å². The summed E-state index contributed by atoms with van der Waals surface area (Å²) < 4.78 is 8.54. The number of fused-ring (bicyclic) bond motifs is 3. The highest BCUT2D eigenvalue weighted by molar-refractivity contribution is 6.04. The van der Waals surface area contributed by atoms with Crippen LogP contribution in [0.3, 0.4) is 0 Å². The summed E-state index contributed by atoms with van der Waals surface area (Å²) in [6, 6.07) is 21.9. The molecule has 0 unspecified atom stereocenters. The first-order valence-corrected chi connectivity index (χ1v) is 11.9. The number of benzene rings is 3. The number of halogens is 1. The van der Waals surface area contributed by atoms with E-state index in [1.54, 1.807) is 0 Å². The largest absolute Gasteiger partial charge is 0.453 e. The molecule has 178 valence electrons. The highest BCUT2D eigenvalue weighted by Gasteiger charge is 2.34. The van der Waals surface area contributed by atoms with Crippen LogP contribution < -0.4 is 11.2 Å². The van der Waals surface area contributed by atoms with Crippen molar-refractivity contribution in [3.05, 3.63) is 88.7 Å². The van der Waals surface area contributed by atoms with Gasteiger partial charge in [0.2, 0.25) is 5.43 Å². The summed E-state index contributed by atoms with van der Waals surface area (Å²) in [5.41, 5.74) is 11.1. The van der Waals surface area contributed by atoms with Crippen LogP contribution in [0.1, 0.15) is 44.7 Å². The highest BCUT2D eigenvalue weighted by Crippen LogP contribution is 2.40. The Balaban J connectivity index is 0.00000253. The molecule has 2 aromatic heterocycles. The molecule has 3 aromatic carbocycles. The lowest BCUT2D eigenvalue weighted by Crippen LogP contribution is -2.43. The minimum atomic E-state index is -0.240. The fraction of sp³-hybridized carbons (Fsp3) is 0.241. The molecular formula is C29H28ClN3O2. The third kappa shape index (κ3) is 3.67. The molecule has 1 fully saturated rings. The van der Waals surface area contributed by atoms with Crippen LogP contribution in [0.15, 0.2) is 82.1 Å². The van der Waals surface area contributed by atoms with Gasteiger partial charge in [0, 0.05) is 22.5 Å². The Labute approximate surface area is 210 Å². The van der Waals surface area contributed by atoms with E-state index in [1.807, 2.05) is 65.5 Å². The molecule has 2 heterocycles. The zero-order valence-corrected chi connectivity index (χ0v) is 20.6. The minimum absolute atomic E-state index is 0. The summed E-state index contributed by atoms with van der Waals surface area (Å²) in [4.78, 5) is 14.0. The van der Waals surface area contributed by atoms with E-state index in [2.05, 4.69) is 31.1 Å². The van der Waals surface area contributed by atoms with E-state index < -0.39 is 0 Å². The molecule has 6 heteroatoms. The number of nitrogens with two attached hydrogens (primary N) is 1. The van der Waals surface area contributed by atoms with Gasteiger partial charge in [-0.15, -0.1) is 12.4 Å². The maximum absolute atomic E-state index is 14.0. The maximum atomic E-state index is 14.0. The molecule has 0 radical (unpaired) electrons. The fourth-order valence-electron chi connectivity index (χ4n) is 5.04. The van der Waals surface area contributed by atoms with Crippen molar-refractivity contribution in [2.75, 3.05) is 0 Å². The molecule has 2 N–H and O–H groups in total. The second-order valence-electron chi connectivity index (χ2n) is 9.65. The van der Waals surface area contributed by atoms with Crippen molar-refractivity contribution >= 4 is 34.3 Å². The first-order valence-electron chi connectivity index (χ1n) is 11.9. The molecule has 0 saturated heterocycles. The van der Waals surface area contributed by atoms with Crippen LogP contribution in [0, 0.1) is 0 Å². The normalized spacial score (nSPS) is 14.7. The zero-order valence-electron chi connectivity index (χ0n) is 19.8. The van der Waals surface area contributed by atoms with E-state index in [0.717, 1.165) is 46.9 Å². The van der Waals surface area contributed by atoms with Crippen molar-refractivity contribution in [1.82, 2.24) is 9.78 Å². The first-order chi connectivity index (χ1) is 16.5. The lowest BCUT2D eigenvalue weighted by atomic mass is 9.72. The van der Waals surface area contributed by atoms with Crippen LogP contribution in [0.4, 0.5) is 0 Å². The first kappa shape index (κ1) is 23.3. The van der Waals surface area contributed by atoms with E-state index in [9.17, 15) is 4.79 Å². The van der Waals surface area contributed by atoms with Gasteiger partial charge < -0.3 is 10.2 Å². The standard InChI is InChI=1S/C29H27N3O2.ClH/c1-18(2)32-25-21(17-31-32)11-14-23-26(33)24(27(34-28(23)25)20-7-4-3-5-8-20)19-9-12-22(13-10-19)29(30)15-6-16-29;/h3-5,7-14,17-18H,6,15-16,30H2,1-2H3;1H. The summed E-state index contributed by atoms with van der Waals surface area (Å²) in [5.74, 6) is 0.570. The predicted octanol–water partition coefficient (Wildman–Crippen LogP) is 6.82. The van der Waals surface area contributed by atoms with Gasteiger partial charge in [-0.05, 0) is 50.3 Å². The van der Waals surface area contributed by atoms with Gasteiger partial charge in [-0.3, -0.25) is 9.48 Å². The van der Waals surface area contributed by atoms with Crippen LogP contribution in [0.5, 0.6) is 0 Å². The molecule has 5 aromatic rings. The van der Waals surface area contributed by atoms with E-state index in [-0.39, 0.29) is 29.4 Å². The molecule has 1 aliphatic carbocycles. The Hall–Kier alpha value is -3.41. The van der Waals surface area contributed by atoms with Gasteiger partial charge in [0.15, 0.2) is 5.58 Å². The quantitative estimate of drug-likeness (QED) is 0.303. The molecule has 0 spiro atoms. The second-order valence-corrected chi connectivity index (χ2v) is 9.65. The topological polar surface area (TPSA) is 74.0 Å². The Morgan fingerprint density at radius 2 is 1.69 bits per heavy atom. The van der Waals surface area contributed by atoms with E-state index in [4.69, 9.17) is 10.2 Å². The van der Waals surface area contributed by atoms with E-state index in [1.165, 1.54) is 0 Å². The number of hydrogen-bond acceptors (Lipinski definition) is 4. The average molecular weight is 486 g/mol. The van der Waals surface area contributed by atoms with Gasteiger partial charge in [0.25, 0.3) is 0 Å². The Morgan fingerprint density at radius 3 is 2.31 bits per heavy atom. The van der Waals surface area contributed by atoms with Gasteiger partial charge in [0.1, 0.15) is 11.3 Å². The van der Waals surface area contributed by atoms with Crippen molar-refractivity contribution in [3.63, 3.8) is 0 Å². The lowest BCUT2D eigenvalue weighted by Gasteiger charge is -2.38. The van der Waals surface area contributed by atoms with Gasteiger partial charge in [-0.2, -0.15) is 5.10 Å². The molecule has 0 aliphatic heterocycles. The van der Waals surface area contributed by atoms with Crippen LogP contribution >= 0.6 is 12.4 Å². The molecule has 6 rings (SSSR count). The molecule has 0 atom stereocenters. The predicted molar refractivity (Wildman–Crippen MR) is 144 cm³/mol. The summed E-state index contributed by atoms with van der Waals surface area (Å²) in [6.45, 7) is 4.15. The lowest BCUT2D eigenvalue weighted by molar-refractivity contribution is 0.253. The molecule has 0 bridgehead atoms. The highest BCUT2D eigenvalue weighted by atomic mass is 35.5. The smallest absolute Gasteiger partial charge is 0.201 e. The molecule has 5 nitrogen and oxygen atoms in total. The Kier molecular flexibility index (Phi) is 5.78. The molecular weight excluding hydrogens is 458 g/mol. The third-order valence-corrected chi connectivity index (χ3v) is 7.14. The van der Waals surface area contributed by atoms with Crippen LogP contribution in [-0.2, 0) is 5.54 Å². The number of nitrogens with zero attached hydrogens (tertiary/aromatic N) is 2. The minimum Gasteiger partial charge on any atom is -0.453 e. The van der Waals surface area contributed by atoms with Gasteiger partial charge in [0.05, 0.1) is 17.1 Å². The summed E-state index contributed by atoms with van der Waals surface area (Å²) >= 11 is 0. The Bertz CT molecular complexity index is 1580. The monoisotopic (exact) mass is 485 g/mol. The zero-order chi connectivity index (χ0) is 23.4.